The lowest BCUT2D eigenvalue weighted by Gasteiger charge is -2.22. The van der Waals surface area contributed by atoms with Crippen LogP contribution in [0.1, 0.15) is 16.4 Å². The number of sulfonamides is 1. The minimum atomic E-state index is -4.05. The van der Waals surface area contributed by atoms with Gasteiger partial charge in [0, 0.05) is 25.2 Å². The van der Waals surface area contributed by atoms with E-state index in [1.165, 1.54) is 25.2 Å². The predicted molar refractivity (Wildman–Crippen MR) is 88.0 cm³/mol. The molecule has 3 rings (SSSR count). The molecule has 2 aromatic carbocycles. The first-order valence-corrected chi connectivity index (χ1v) is 10.5. The van der Waals surface area contributed by atoms with Crippen LogP contribution in [0.15, 0.2) is 47.4 Å². The lowest BCUT2D eigenvalue weighted by Crippen LogP contribution is -2.32. The molecule has 0 bridgehead atoms. The van der Waals surface area contributed by atoms with Crippen LogP contribution < -0.4 is 0 Å². The minimum absolute atomic E-state index is 0.00149. The van der Waals surface area contributed by atoms with E-state index in [0.29, 0.717) is 6.07 Å². The molecule has 0 amide bonds. The first-order valence-electron chi connectivity index (χ1n) is 7.34. The molecule has 1 heterocycles. The largest absolute Gasteiger partial charge is 0.224 e. The summed E-state index contributed by atoms with van der Waals surface area (Å²) in [7, 11) is -6.50. The second-order valence-electron chi connectivity index (χ2n) is 5.84. The van der Waals surface area contributed by atoms with Crippen molar-refractivity contribution in [3.05, 3.63) is 65.2 Å². The molecule has 0 aliphatic carbocycles. The predicted octanol–water partition coefficient (Wildman–Crippen LogP) is 2.26. The average molecular weight is 387 g/mol. The Labute approximate surface area is 144 Å². The molecule has 0 spiro atoms. The van der Waals surface area contributed by atoms with Gasteiger partial charge in [0.05, 0.1) is 10.6 Å². The maximum Gasteiger partial charge on any atom is 0.222 e. The Morgan fingerprint density at radius 1 is 1.16 bits per heavy atom. The summed E-state index contributed by atoms with van der Waals surface area (Å²) in [4.78, 5) is 0.00457. The lowest BCUT2D eigenvalue weighted by molar-refractivity contribution is 0.448. The number of halogens is 2. The van der Waals surface area contributed by atoms with E-state index in [4.69, 9.17) is 0 Å². The van der Waals surface area contributed by atoms with Crippen LogP contribution in [0.2, 0.25) is 0 Å². The Morgan fingerprint density at radius 3 is 2.52 bits per heavy atom. The van der Waals surface area contributed by atoms with Gasteiger partial charge in [0.25, 0.3) is 0 Å². The van der Waals surface area contributed by atoms with Crippen molar-refractivity contribution in [3.8, 4) is 0 Å². The van der Waals surface area contributed by atoms with Crippen LogP contribution in [0, 0.1) is 11.6 Å². The number of sulfone groups is 1. The van der Waals surface area contributed by atoms with Crippen molar-refractivity contribution in [1.29, 1.82) is 0 Å². The van der Waals surface area contributed by atoms with Crippen molar-refractivity contribution in [1.82, 2.24) is 4.31 Å². The highest BCUT2D eigenvalue weighted by Gasteiger charge is 2.43. The molecule has 134 valence electrons. The summed E-state index contributed by atoms with van der Waals surface area (Å²) in [5.41, 5.74) is 0.218. The van der Waals surface area contributed by atoms with E-state index in [9.17, 15) is 25.6 Å². The second-order valence-corrected chi connectivity index (χ2v) is 10.1. The van der Waals surface area contributed by atoms with Crippen LogP contribution in [-0.4, -0.2) is 33.9 Å². The fourth-order valence-corrected chi connectivity index (χ4v) is 7.04. The van der Waals surface area contributed by atoms with Crippen LogP contribution in [0.4, 0.5) is 8.78 Å². The van der Waals surface area contributed by atoms with Gasteiger partial charge in [-0.2, -0.15) is 4.31 Å². The van der Waals surface area contributed by atoms with E-state index in [2.05, 4.69) is 0 Å². The summed E-state index contributed by atoms with van der Waals surface area (Å²) in [5.74, 6) is -2.17. The molecule has 9 heteroatoms. The SMILES string of the molecule is CN(Cc1ccc(F)cc1F)S(=O)(=O)[C@@H]1CS(=O)(=O)c2ccccc21. The van der Waals surface area contributed by atoms with Crippen LogP contribution >= 0.6 is 0 Å². The van der Waals surface area contributed by atoms with Gasteiger partial charge in [-0.3, -0.25) is 0 Å². The number of benzene rings is 2. The Morgan fingerprint density at radius 2 is 1.84 bits per heavy atom. The highest BCUT2D eigenvalue weighted by Crippen LogP contribution is 2.39. The number of hydrogen-bond donors (Lipinski definition) is 0. The topological polar surface area (TPSA) is 71.5 Å². The van der Waals surface area contributed by atoms with Gasteiger partial charge in [-0.1, -0.05) is 24.3 Å². The van der Waals surface area contributed by atoms with Crippen molar-refractivity contribution in [3.63, 3.8) is 0 Å². The molecule has 5 nitrogen and oxygen atoms in total. The van der Waals surface area contributed by atoms with Crippen molar-refractivity contribution in [2.75, 3.05) is 12.8 Å². The van der Waals surface area contributed by atoms with E-state index in [-0.39, 0.29) is 22.6 Å². The van der Waals surface area contributed by atoms with E-state index in [1.54, 1.807) is 6.07 Å². The van der Waals surface area contributed by atoms with Gasteiger partial charge in [0.15, 0.2) is 9.84 Å². The molecule has 1 atom stereocenters. The maximum atomic E-state index is 13.8. The minimum Gasteiger partial charge on any atom is -0.224 e. The molecule has 0 unspecified atom stereocenters. The fraction of sp³-hybridized carbons (Fsp3) is 0.250. The van der Waals surface area contributed by atoms with Crippen molar-refractivity contribution in [2.24, 2.45) is 0 Å². The van der Waals surface area contributed by atoms with Crippen molar-refractivity contribution >= 4 is 19.9 Å². The quantitative estimate of drug-likeness (QED) is 0.807. The first kappa shape index (κ1) is 18.0. The van der Waals surface area contributed by atoms with Gasteiger partial charge in [0.1, 0.15) is 16.9 Å². The van der Waals surface area contributed by atoms with Gasteiger partial charge in [-0.25, -0.2) is 25.6 Å². The molecule has 1 aliphatic rings. The molecule has 0 N–H and O–H groups in total. The molecule has 25 heavy (non-hydrogen) atoms. The zero-order valence-corrected chi connectivity index (χ0v) is 14.8. The molecule has 0 saturated carbocycles. The summed E-state index contributed by atoms with van der Waals surface area (Å²) in [6.07, 6.45) is 0. The number of nitrogens with zero attached hydrogens (tertiary/aromatic N) is 1. The molecule has 0 fully saturated rings. The molecule has 0 radical (unpaired) electrons. The van der Waals surface area contributed by atoms with Gasteiger partial charge in [-0.15, -0.1) is 0 Å². The van der Waals surface area contributed by atoms with Crippen molar-refractivity contribution < 1.29 is 25.6 Å². The Balaban J connectivity index is 1.94. The lowest BCUT2D eigenvalue weighted by atomic mass is 10.2. The summed E-state index contributed by atoms with van der Waals surface area (Å²) in [5, 5.41) is -1.25. The van der Waals surface area contributed by atoms with Crippen LogP contribution in [0.3, 0.4) is 0 Å². The second kappa shape index (κ2) is 6.15. The van der Waals surface area contributed by atoms with Gasteiger partial charge < -0.3 is 0 Å². The van der Waals surface area contributed by atoms with Crippen LogP contribution in [-0.2, 0) is 26.4 Å². The van der Waals surface area contributed by atoms with Gasteiger partial charge in [0.2, 0.25) is 10.0 Å². The third-order valence-electron chi connectivity index (χ3n) is 4.17. The third-order valence-corrected chi connectivity index (χ3v) is 8.34. The fourth-order valence-electron chi connectivity index (χ4n) is 2.85. The monoisotopic (exact) mass is 387 g/mol. The number of hydrogen-bond acceptors (Lipinski definition) is 4. The highest BCUT2D eigenvalue weighted by molar-refractivity contribution is 7.95. The maximum absolute atomic E-state index is 13.8. The van der Waals surface area contributed by atoms with E-state index < -0.39 is 42.5 Å². The van der Waals surface area contributed by atoms with Crippen LogP contribution in [0.25, 0.3) is 0 Å². The van der Waals surface area contributed by atoms with Gasteiger partial charge in [-0.05, 0) is 17.7 Å². The zero-order chi connectivity index (χ0) is 18.4. The number of fused-ring (bicyclic) bond motifs is 1. The van der Waals surface area contributed by atoms with Crippen LogP contribution in [0.5, 0.6) is 0 Å². The summed E-state index contributed by atoms with van der Waals surface area (Å²) in [6.45, 7) is -0.326. The molecular weight excluding hydrogens is 372 g/mol. The molecular formula is C16H15F2NO4S2. The summed E-state index contributed by atoms with van der Waals surface area (Å²) >= 11 is 0. The Kier molecular flexibility index (Phi) is 4.42. The standard InChI is InChI=1S/C16H15F2NO4S2/c1-19(9-11-6-7-12(17)8-14(11)18)25(22,23)16-10-24(20,21)15-5-3-2-4-13(15)16/h2-8,16H,9-10H2,1H3/t16-/m1/s1. The summed E-state index contributed by atoms with van der Waals surface area (Å²) in [6, 6.07) is 8.81. The normalized spacial score (nSPS) is 19.1. The molecule has 0 saturated heterocycles. The van der Waals surface area contributed by atoms with E-state index in [1.807, 2.05) is 0 Å². The summed E-state index contributed by atoms with van der Waals surface area (Å²) < 4.78 is 77.7. The van der Waals surface area contributed by atoms with E-state index in [0.717, 1.165) is 16.4 Å². The Bertz CT molecular complexity index is 1040. The molecule has 2 aromatic rings. The smallest absolute Gasteiger partial charge is 0.222 e. The highest BCUT2D eigenvalue weighted by atomic mass is 32.2. The van der Waals surface area contributed by atoms with Crippen molar-refractivity contribution in [2.45, 2.75) is 16.7 Å². The Hall–Kier alpha value is -1.84. The van der Waals surface area contributed by atoms with E-state index >= 15 is 0 Å². The molecule has 0 aromatic heterocycles. The molecule has 1 aliphatic heterocycles. The zero-order valence-electron chi connectivity index (χ0n) is 13.2. The van der Waals surface area contributed by atoms with Gasteiger partial charge >= 0.3 is 0 Å². The third kappa shape index (κ3) is 3.19. The first-order chi connectivity index (χ1) is 11.6. The average Bonchev–Trinajstić information content (AvgIpc) is 2.83. The number of rotatable bonds is 4.